The summed E-state index contributed by atoms with van der Waals surface area (Å²) in [7, 11) is 0. The molecule has 0 spiro atoms. The Kier molecular flexibility index (Phi) is 4.47. The summed E-state index contributed by atoms with van der Waals surface area (Å²) in [5, 5.41) is 3.46. The number of nitrogens with one attached hydrogen (secondary N) is 2. The molecule has 2 N–H and O–H groups in total. The number of ether oxygens (including phenoxy) is 1. The Morgan fingerprint density at radius 1 is 1.42 bits per heavy atom. The third-order valence-electron chi connectivity index (χ3n) is 2.65. The predicted octanol–water partition coefficient (Wildman–Crippen LogP) is 2.67. The molecule has 1 aromatic heterocycles. The average molecular weight is 279 g/mol. The van der Waals surface area contributed by atoms with E-state index in [4.69, 9.17) is 16.3 Å². The van der Waals surface area contributed by atoms with Gasteiger partial charge in [0.05, 0.1) is 0 Å². The zero-order valence-corrected chi connectivity index (χ0v) is 11.3. The zero-order valence-electron chi connectivity index (χ0n) is 10.6. The van der Waals surface area contributed by atoms with Gasteiger partial charge in [0.25, 0.3) is 5.91 Å². The highest BCUT2D eigenvalue weighted by atomic mass is 35.5. The van der Waals surface area contributed by atoms with Crippen molar-refractivity contribution in [3.05, 3.63) is 52.8 Å². The molecule has 5 heteroatoms. The van der Waals surface area contributed by atoms with Gasteiger partial charge in [-0.1, -0.05) is 11.6 Å². The molecule has 0 bridgehead atoms. The van der Waals surface area contributed by atoms with Crippen molar-refractivity contribution in [2.24, 2.45) is 0 Å². The molecule has 0 saturated carbocycles. The maximum atomic E-state index is 11.6. The molecule has 1 amide bonds. The van der Waals surface area contributed by atoms with Crippen molar-refractivity contribution in [1.82, 2.24) is 10.3 Å². The molecule has 0 aliphatic rings. The van der Waals surface area contributed by atoms with E-state index in [0.717, 1.165) is 11.1 Å². The van der Waals surface area contributed by atoms with Crippen molar-refractivity contribution in [3.63, 3.8) is 0 Å². The molecule has 2 aromatic rings. The molecule has 0 aliphatic heterocycles. The lowest BCUT2D eigenvalue weighted by Gasteiger charge is -2.08. The zero-order chi connectivity index (χ0) is 13.7. The first kappa shape index (κ1) is 13.5. The second-order valence-electron chi connectivity index (χ2n) is 4.20. The van der Waals surface area contributed by atoms with E-state index in [9.17, 15) is 4.79 Å². The van der Waals surface area contributed by atoms with Crippen LogP contribution in [0.4, 0.5) is 0 Å². The number of amides is 1. The van der Waals surface area contributed by atoms with Crippen LogP contribution >= 0.6 is 11.6 Å². The van der Waals surface area contributed by atoms with Crippen LogP contribution in [0.2, 0.25) is 5.02 Å². The van der Waals surface area contributed by atoms with Gasteiger partial charge >= 0.3 is 0 Å². The van der Waals surface area contributed by atoms with E-state index in [0.29, 0.717) is 17.3 Å². The van der Waals surface area contributed by atoms with Gasteiger partial charge in [-0.25, -0.2) is 0 Å². The lowest BCUT2D eigenvalue weighted by molar-refractivity contribution is -0.123. The lowest BCUT2D eigenvalue weighted by atomic mass is 10.2. The fourth-order valence-electron chi connectivity index (χ4n) is 1.58. The quantitative estimate of drug-likeness (QED) is 0.883. The normalized spacial score (nSPS) is 10.2. The molecule has 1 aromatic carbocycles. The van der Waals surface area contributed by atoms with Crippen molar-refractivity contribution in [2.75, 3.05) is 6.61 Å². The Balaban J connectivity index is 1.78. The summed E-state index contributed by atoms with van der Waals surface area (Å²) in [5.41, 5.74) is 1.95. The number of hydrogen-bond acceptors (Lipinski definition) is 2. The van der Waals surface area contributed by atoms with Crippen molar-refractivity contribution in [1.29, 1.82) is 0 Å². The monoisotopic (exact) mass is 278 g/mol. The van der Waals surface area contributed by atoms with Crippen LogP contribution < -0.4 is 10.1 Å². The number of hydrogen-bond donors (Lipinski definition) is 2. The van der Waals surface area contributed by atoms with Crippen LogP contribution in [0.1, 0.15) is 11.1 Å². The first-order valence-corrected chi connectivity index (χ1v) is 6.30. The summed E-state index contributed by atoms with van der Waals surface area (Å²) in [5.74, 6) is 0.479. The molecule has 0 fully saturated rings. The molecule has 4 nitrogen and oxygen atoms in total. The minimum atomic E-state index is -0.159. The van der Waals surface area contributed by atoms with Crippen LogP contribution in [0.25, 0.3) is 0 Å². The van der Waals surface area contributed by atoms with Crippen molar-refractivity contribution in [2.45, 2.75) is 13.5 Å². The topological polar surface area (TPSA) is 54.1 Å². The molecule has 0 atom stereocenters. The predicted molar refractivity (Wildman–Crippen MR) is 74.3 cm³/mol. The highest BCUT2D eigenvalue weighted by molar-refractivity contribution is 6.31. The second-order valence-corrected chi connectivity index (χ2v) is 4.60. The van der Waals surface area contributed by atoms with Crippen LogP contribution in [0.15, 0.2) is 36.7 Å². The van der Waals surface area contributed by atoms with Gasteiger partial charge < -0.3 is 15.0 Å². The van der Waals surface area contributed by atoms with Crippen molar-refractivity contribution in [3.8, 4) is 5.75 Å². The molecule has 0 unspecified atom stereocenters. The van der Waals surface area contributed by atoms with Gasteiger partial charge in [-0.15, -0.1) is 0 Å². The third kappa shape index (κ3) is 4.03. The largest absolute Gasteiger partial charge is 0.484 e. The number of aromatic nitrogens is 1. The Morgan fingerprint density at radius 3 is 2.95 bits per heavy atom. The highest BCUT2D eigenvalue weighted by Gasteiger charge is 2.04. The van der Waals surface area contributed by atoms with Gasteiger partial charge in [0.2, 0.25) is 0 Å². The number of carbonyl (C=O) groups excluding carboxylic acids is 1. The first-order chi connectivity index (χ1) is 9.15. The number of aromatic amines is 1. The summed E-state index contributed by atoms with van der Waals surface area (Å²) in [6, 6.07) is 7.21. The summed E-state index contributed by atoms with van der Waals surface area (Å²) in [6.07, 6.45) is 3.65. The van der Waals surface area contributed by atoms with Crippen molar-refractivity contribution >= 4 is 17.5 Å². The van der Waals surface area contributed by atoms with E-state index in [1.165, 1.54) is 0 Å². The van der Waals surface area contributed by atoms with Crippen LogP contribution in [-0.4, -0.2) is 17.5 Å². The smallest absolute Gasteiger partial charge is 0.258 e. The summed E-state index contributed by atoms with van der Waals surface area (Å²) in [6.45, 7) is 2.37. The van der Waals surface area contributed by atoms with Crippen LogP contribution in [-0.2, 0) is 11.3 Å². The van der Waals surface area contributed by atoms with E-state index in [2.05, 4.69) is 10.3 Å². The van der Waals surface area contributed by atoms with Crippen LogP contribution in [0.3, 0.4) is 0 Å². The van der Waals surface area contributed by atoms with Gasteiger partial charge in [0.15, 0.2) is 6.61 Å². The Hall–Kier alpha value is -1.94. The highest BCUT2D eigenvalue weighted by Crippen LogP contribution is 2.20. The standard InChI is InChI=1S/C14H15ClN2O2/c1-10-6-12(2-3-13(10)15)19-9-14(18)17-8-11-4-5-16-7-11/h2-7,16H,8-9H2,1H3,(H,17,18). The first-order valence-electron chi connectivity index (χ1n) is 5.92. The van der Waals surface area contributed by atoms with Gasteiger partial charge in [0.1, 0.15) is 5.75 Å². The molecule has 2 rings (SSSR count). The third-order valence-corrected chi connectivity index (χ3v) is 3.08. The average Bonchev–Trinajstić information content (AvgIpc) is 2.91. The maximum Gasteiger partial charge on any atom is 0.258 e. The Bertz CT molecular complexity index is 553. The van der Waals surface area contributed by atoms with Gasteiger partial charge in [-0.05, 0) is 42.3 Å². The van der Waals surface area contributed by atoms with E-state index < -0.39 is 0 Å². The number of H-pyrrole nitrogens is 1. The lowest BCUT2D eigenvalue weighted by Crippen LogP contribution is -2.28. The molecule has 0 radical (unpaired) electrons. The molecule has 0 aliphatic carbocycles. The van der Waals surface area contributed by atoms with Crippen LogP contribution in [0.5, 0.6) is 5.75 Å². The second kappa shape index (κ2) is 6.29. The van der Waals surface area contributed by atoms with E-state index >= 15 is 0 Å². The number of rotatable bonds is 5. The number of aryl methyl sites for hydroxylation is 1. The van der Waals surface area contributed by atoms with Crippen molar-refractivity contribution < 1.29 is 9.53 Å². The van der Waals surface area contributed by atoms with Gasteiger partial charge in [-0.2, -0.15) is 0 Å². The number of benzene rings is 1. The fraction of sp³-hybridized carbons (Fsp3) is 0.214. The summed E-state index contributed by atoms with van der Waals surface area (Å²) < 4.78 is 5.40. The molecule has 19 heavy (non-hydrogen) atoms. The van der Waals surface area contributed by atoms with Gasteiger partial charge in [-0.3, -0.25) is 4.79 Å². The Labute approximate surface area is 116 Å². The molecular formula is C14H15ClN2O2. The van der Waals surface area contributed by atoms with E-state index in [1.807, 2.05) is 31.5 Å². The van der Waals surface area contributed by atoms with Crippen LogP contribution in [0, 0.1) is 6.92 Å². The van der Waals surface area contributed by atoms with E-state index in [-0.39, 0.29) is 12.5 Å². The minimum absolute atomic E-state index is 0.00844. The SMILES string of the molecule is Cc1cc(OCC(=O)NCc2cc[nH]c2)ccc1Cl. The summed E-state index contributed by atoms with van der Waals surface area (Å²) >= 11 is 5.91. The number of carbonyl (C=O) groups is 1. The molecule has 100 valence electrons. The fourth-order valence-corrected chi connectivity index (χ4v) is 1.69. The Morgan fingerprint density at radius 2 is 2.26 bits per heavy atom. The summed E-state index contributed by atoms with van der Waals surface area (Å²) in [4.78, 5) is 14.5. The van der Waals surface area contributed by atoms with Gasteiger partial charge in [0, 0.05) is 24.0 Å². The number of halogens is 1. The van der Waals surface area contributed by atoms with E-state index in [1.54, 1.807) is 12.1 Å². The maximum absolute atomic E-state index is 11.6. The molecular weight excluding hydrogens is 264 g/mol. The minimum Gasteiger partial charge on any atom is -0.484 e. The molecule has 0 saturated heterocycles. The molecule has 1 heterocycles.